The summed E-state index contributed by atoms with van der Waals surface area (Å²) < 4.78 is 5.36. The molecule has 0 aliphatic rings. The average molecular weight is 236 g/mol. The maximum atomic E-state index is 5.76. The fourth-order valence-electron chi connectivity index (χ4n) is 1.78. The molecule has 3 N–H and O–H groups in total. The molecule has 1 aromatic rings. The smallest absolute Gasteiger partial charge is 0.142 e. The molecule has 0 saturated heterocycles. The monoisotopic (exact) mass is 236 g/mol. The van der Waals surface area contributed by atoms with Crippen LogP contribution in [0.5, 0.6) is 5.75 Å². The second-order valence-corrected chi connectivity index (χ2v) is 4.82. The second kappa shape index (κ2) is 6.50. The van der Waals surface area contributed by atoms with E-state index in [2.05, 4.69) is 38.2 Å². The van der Waals surface area contributed by atoms with E-state index in [1.54, 1.807) is 7.11 Å². The lowest BCUT2D eigenvalue weighted by molar-refractivity contribution is 0.405. The molecule has 1 rings (SSSR count). The van der Waals surface area contributed by atoms with Crippen molar-refractivity contribution < 1.29 is 4.74 Å². The third-order valence-corrected chi connectivity index (χ3v) is 3.16. The van der Waals surface area contributed by atoms with Crippen molar-refractivity contribution in [2.24, 2.45) is 17.6 Å². The van der Waals surface area contributed by atoms with Gasteiger partial charge in [-0.2, -0.15) is 0 Å². The van der Waals surface area contributed by atoms with Gasteiger partial charge in [0.05, 0.1) is 12.8 Å². The highest BCUT2D eigenvalue weighted by Crippen LogP contribution is 2.25. The van der Waals surface area contributed by atoms with Crippen molar-refractivity contribution in [1.29, 1.82) is 0 Å². The summed E-state index contributed by atoms with van der Waals surface area (Å²) in [4.78, 5) is 0. The molecule has 0 heterocycles. The Morgan fingerprint density at radius 3 is 2.59 bits per heavy atom. The molecule has 1 aromatic carbocycles. The molecule has 0 saturated carbocycles. The van der Waals surface area contributed by atoms with Crippen LogP contribution in [0.3, 0.4) is 0 Å². The van der Waals surface area contributed by atoms with Gasteiger partial charge in [-0.15, -0.1) is 0 Å². The number of ether oxygens (including phenoxy) is 1. The molecule has 0 radical (unpaired) electrons. The molecular weight excluding hydrogens is 212 g/mol. The molecule has 96 valence electrons. The topological polar surface area (TPSA) is 47.3 Å². The molecule has 0 aliphatic carbocycles. The van der Waals surface area contributed by atoms with Crippen LogP contribution in [0.15, 0.2) is 18.2 Å². The van der Waals surface area contributed by atoms with Gasteiger partial charge in [0.1, 0.15) is 5.75 Å². The Morgan fingerprint density at radius 1 is 1.35 bits per heavy atom. The number of nitrogens with one attached hydrogen (secondary N) is 1. The van der Waals surface area contributed by atoms with Gasteiger partial charge in [0.15, 0.2) is 0 Å². The van der Waals surface area contributed by atoms with E-state index in [1.165, 1.54) is 5.56 Å². The molecule has 1 atom stereocenters. The lowest BCUT2D eigenvalue weighted by Gasteiger charge is -2.21. The van der Waals surface area contributed by atoms with E-state index in [0.29, 0.717) is 18.4 Å². The number of hydrogen-bond acceptors (Lipinski definition) is 3. The summed E-state index contributed by atoms with van der Waals surface area (Å²) in [6.45, 7) is 8.05. The van der Waals surface area contributed by atoms with Crippen molar-refractivity contribution in [3.05, 3.63) is 23.8 Å². The summed E-state index contributed by atoms with van der Waals surface area (Å²) in [6.07, 6.45) is 0. The minimum absolute atomic E-state index is 0.487. The van der Waals surface area contributed by atoms with Gasteiger partial charge in [-0.1, -0.05) is 19.9 Å². The Bertz CT molecular complexity index is 350. The highest BCUT2D eigenvalue weighted by atomic mass is 16.5. The van der Waals surface area contributed by atoms with Crippen LogP contribution in [-0.2, 0) is 0 Å². The maximum absolute atomic E-state index is 5.76. The zero-order valence-corrected chi connectivity index (χ0v) is 11.3. The van der Waals surface area contributed by atoms with E-state index < -0.39 is 0 Å². The first-order valence-corrected chi connectivity index (χ1v) is 6.17. The van der Waals surface area contributed by atoms with E-state index >= 15 is 0 Å². The molecule has 0 amide bonds. The summed E-state index contributed by atoms with van der Waals surface area (Å²) in [7, 11) is 1.70. The highest BCUT2D eigenvalue weighted by Gasteiger charge is 2.12. The van der Waals surface area contributed by atoms with Crippen LogP contribution in [0, 0.1) is 18.8 Å². The molecule has 0 fully saturated rings. The van der Waals surface area contributed by atoms with Crippen molar-refractivity contribution in [3.8, 4) is 5.75 Å². The average Bonchev–Trinajstić information content (AvgIpc) is 2.31. The molecule has 0 spiro atoms. The Hall–Kier alpha value is -1.22. The second-order valence-electron chi connectivity index (χ2n) is 4.82. The third kappa shape index (κ3) is 3.93. The normalized spacial score (nSPS) is 12.6. The fraction of sp³-hybridized carbons (Fsp3) is 0.571. The SMILES string of the molecule is COc1cc(C)ccc1NCC(CN)C(C)C. The van der Waals surface area contributed by atoms with E-state index in [1.807, 2.05) is 6.07 Å². The van der Waals surface area contributed by atoms with Crippen LogP contribution in [-0.4, -0.2) is 20.2 Å². The first-order chi connectivity index (χ1) is 8.08. The lowest BCUT2D eigenvalue weighted by Crippen LogP contribution is -2.27. The summed E-state index contributed by atoms with van der Waals surface area (Å²) in [5, 5.41) is 3.42. The summed E-state index contributed by atoms with van der Waals surface area (Å²) in [5.74, 6) is 1.97. The van der Waals surface area contributed by atoms with Crippen LogP contribution in [0.1, 0.15) is 19.4 Å². The van der Waals surface area contributed by atoms with Crippen molar-refractivity contribution in [2.75, 3.05) is 25.5 Å². The molecule has 1 unspecified atom stereocenters. The Labute approximate surface area is 104 Å². The van der Waals surface area contributed by atoms with E-state index in [-0.39, 0.29) is 0 Å². The molecular formula is C14H24N2O. The van der Waals surface area contributed by atoms with E-state index in [4.69, 9.17) is 10.5 Å². The number of methoxy groups -OCH3 is 1. The quantitative estimate of drug-likeness (QED) is 0.798. The number of nitrogens with two attached hydrogens (primary N) is 1. The fourth-order valence-corrected chi connectivity index (χ4v) is 1.78. The molecule has 3 heteroatoms. The van der Waals surface area contributed by atoms with Crippen LogP contribution in [0.4, 0.5) is 5.69 Å². The zero-order chi connectivity index (χ0) is 12.8. The first-order valence-electron chi connectivity index (χ1n) is 6.17. The van der Waals surface area contributed by atoms with Gasteiger partial charge < -0.3 is 15.8 Å². The minimum atomic E-state index is 0.487. The highest BCUT2D eigenvalue weighted by molar-refractivity contribution is 5.57. The summed E-state index contributed by atoms with van der Waals surface area (Å²) >= 11 is 0. The van der Waals surface area contributed by atoms with Crippen LogP contribution in [0.25, 0.3) is 0 Å². The molecule has 3 nitrogen and oxygen atoms in total. The Balaban J connectivity index is 2.68. The minimum Gasteiger partial charge on any atom is -0.495 e. The number of benzene rings is 1. The number of hydrogen-bond donors (Lipinski definition) is 2. The summed E-state index contributed by atoms with van der Waals surface area (Å²) in [6, 6.07) is 6.18. The van der Waals surface area contributed by atoms with Gasteiger partial charge in [0, 0.05) is 6.54 Å². The lowest BCUT2D eigenvalue weighted by atomic mass is 9.96. The Morgan fingerprint density at radius 2 is 2.06 bits per heavy atom. The standard InChI is InChI=1S/C14H24N2O/c1-10(2)12(8-15)9-16-13-6-5-11(3)7-14(13)17-4/h5-7,10,12,16H,8-9,15H2,1-4H3. The zero-order valence-electron chi connectivity index (χ0n) is 11.3. The molecule has 0 bridgehead atoms. The van der Waals surface area contributed by atoms with Gasteiger partial charge in [-0.3, -0.25) is 0 Å². The van der Waals surface area contributed by atoms with Gasteiger partial charge in [-0.25, -0.2) is 0 Å². The van der Waals surface area contributed by atoms with Gasteiger partial charge >= 0.3 is 0 Å². The number of rotatable bonds is 6. The predicted molar refractivity (Wildman–Crippen MR) is 73.6 cm³/mol. The van der Waals surface area contributed by atoms with E-state index in [9.17, 15) is 0 Å². The number of aryl methyl sites for hydroxylation is 1. The van der Waals surface area contributed by atoms with Crippen LogP contribution in [0.2, 0.25) is 0 Å². The van der Waals surface area contributed by atoms with Crippen LogP contribution < -0.4 is 15.8 Å². The first kappa shape index (κ1) is 13.8. The largest absolute Gasteiger partial charge is 0.495 e. The number of anilines is 1. The third-order valence-electron chi connectivity index (χ3n) is 3.16. The predicted octanol–water partition coefficient (Wildman–Crippen LogP) is 2.65. The van der Waals surface area contributed by atoms with Crippen LogP contribution >= 0.6 is 0 Å². The van der Waals surface area contributed by atoms with Crippen molar-refractivity contribution in [2.45, 2.75) is 20.8 Å². The van der Waals surface area contributed by atoms with Crippen molar-refractivity contribution in [3.63, 3.8) is 0 Å². The summed E-state index contributed by atoms with van der Waals surface area (Å²) in [5.41, 5.74) is 8.00. The van der Waals surface area contributed by atoms with Crippen molar-refractivity contribution >= 4 is 5.69 Å². The Kier molecular flexibility index (Phi) is 5.29. The maximum Gasteiger partial charge on any atom is 0.142 e. The molecule has 0 aromatic heterocycles. The molecule has 17 heavy (non-hydrogen) atoms. The van der Waals surface area contributed by atoms with Gasteiger partial charge in [0.25, 0.3) is 0 Å². The van der Waals surface area contributed by atoms with Gasteiger partial charge in [0.2, 0.25) is 0 Å². The van der Waals surface area contributed by atoms with Crippen molar-refractivity contribution in [1.82, 2.24) is 0 Å². The van der Waals surface area contributed by atoms with Gasteiger partial charge in [-0.05, 0) is 43.0 Å². The van der Waals surface area contributed by atoms with E-state index in [0.717, 1.165) is 18.0 Å². The molecule has 0 aliphatic heterocycles.